The highest BCUT2D eigenvalue weighted by Gasteiger charge is 2.10. The van der Waals surface area contributed by atoms with E-state index in [1.165, 1.54) is 31.0 Å². The first-order chi connectivity index (χ1) is 10.0. The summed E-state index contributed by atoms with van der Waals surface area (Å²) in [5, 5.41) is 9.28. The predicted octanol–water partition coefficient (Wildman–Crippen LogP) is 3.98. The van der Waals surface area contributed by atoms with Crippen LogP contribution in [-0.2, 0) is 4.74 Å². The molecule has 108 valence electrons. The fourth-order valence-electron chi connectivity index (χ4n) is 1.62. The van der Waals surface area contributed by atoms with Crippen LogP contribution in [0.25, 0.3) is 0 Å². The summed E-state index contributed by atoms with van der Waals surface area (Å²) in [5.41, 5.74) is 0.611. The Bertz CT molecular complexity index is 683. The quantitative estimate of drug-likeness (QED) is 0.863. The van der Waals surface area contributed by atoms with E-state index >= 15 is 0 Å². The lowest BCUT2D eigenvalue weighted by molar-refractivity contribution is 0.0599. The normalized spacial score (nSPS) is 10.2. The Balaban J connectivity index is 2.19. The number of methoxy groups -OCH3 is 1. The minimum Gasteiger partial charge on any atom is -0.478 e. The Morgan fingerprint density at radius 3 is 2.24 bits per heavy atom. The molecule has 0 aliphatic carbocycles. The zero-order chi connectivity index (χ0) is 15.4. The molecule has 0 fully saturated rings. The van der Waals surface area contributed by atoms with E-state index in [4.69, 9.17) is 16.7 Å². The molecule has 1 N–H and O–H groups in total. The van der Waals surface area contributed by atoms with E-state index in [1.807, 2.05) is 0 Å². The van der Waals surface area contributed by atoms with Crippen molar-refractivity contribution in [2.45, 2.75) is 9.79 Å². The second-order valence-corrected chi connectivity index (χ2v) is 5.59. The molecule has 0 atom stereocenters. The Kier molecular flexibility index (Phi) is 4.88. The van der Waals surface area contributed by atoms with Crippen molar-refractivity contribution >= 4 is 35.3 Å². The van der Waals surface area contributed by atoms with Crippen LogP contribution in [0.3, 0.4) is 0 Å². The summed E-state index contributed by atoms with van der Waals surface area (Å²) >= 11 is 7.52. The monoisotopic (exact) mass is 322 g/mol. The zero-order valence-electron chi connectivity index (χ0n) is 11.0. The van der Waals surface area contributed by atoms with Gasteiger partial charge in [-0.05, 0) is 42.5 Å². The first-order valence-corrected chi connectivity index (χ1v) is 7.10. The SMILES string of the molecule is COC(=O)c1ccc(Sc2ccc(C(=O)O)cc2)c(Cl)c1. The number of rotatable bonds is 4. The van der Waals surface area contributed by atoms with Crippen LogP contribution in [0, 0.1) is 0 Å². The molecule has 0 heterocycles. The molecule has 0 aromatic heterocycles. The number of carbonyl (C=O) groups is 2. The van der Waals surface area contributed by atoms with Gasteiger partial charge in [0.2, 0.25) is 0 Å². The van der Waals surface area contributed by atoms with Crippen LogP contribution < -0.4 is 0 Å². The fraction of sp³-hybridized carbons (Fsp3) is 0.0667. The molecule has 0 radical (unpaired) electrons. The average Bonchev–Trinajstić information content (AvgIpc) is 2.49. The summed E-state index contributed by atoms with van der Waals surface area (Å²) in [6, 6.07) is 11.4. The number of aromatic carboxylic acids is 1. The molecule has 2 aromatic carbocycles. The highest BCUT2D eigenvalue weighted by atomic mass is 35.5. The largest absolute Gasteiger partial charge is 0.478 e. The van der Waals surface area contributed by atoms with Crippen molar-refractivity contribution in [3.63, 3.8) is 0 Å². The van der Waals surface area contributed by atoms with Gasteiger partial charge in [0.05, 0.1) is 23.3 Å². The average molecular weight is 323 g/mol. The smallest absolute Gasteiger partial charge is 0.337 e. The van der Waals surface area contributed by atoms with Crippen molar-refractivity contribution in [3.8, 4) is 0 Å². The molecule has 0 saturated heterocycles. The summed E-state index contributed by atoms with van der Waals surface area (Å²) in [4.78, 5) is 23.8. The van der Waals surface area contributed by atoms with Crippen LogP contribution in [0.5, 0.6) is 0 Å². The molecular weight excluding hydrogens is 312 g/mol. The van der Waals surface area contributed by atoms with Crippen LogP contribution in [0.15, 0.2) is 52.3 Å². The van der Waals surface area contributed by atoms with Gasteiger partial charge in [-0.3, -0.25) is 0 Å². The van der Waals surface area contributed by atoms with E-state index in [0.29, 0.717) is 10.6 Å². The van der Waals surface area contributed by atoms with Gasteiger partial charge in [-0.15, -0.1) is 0 Å². The molecule has 0 aliphatic heterocycles. The van der Waals surface area contributed by atoms with E-state index in [1.54, 1.807) is 30.3 Å². The van der Waals surface area contributed by atoms with Gasteiger partial charge in [0.1, 0.15) is 0 Å². The van der Waals surface area contributed by atoms with E-state index in [2.05, 4.69) is 4.74 Å². The molecule has 21 heavy (non-hydrogen) atoms. The number of halogens is 1. The molecular formula is C15H11ClO4S. The maximum atomic E-state index is 11.4. The number of ether oxygens (including phenoxy) is 1. The maximum absolute atomic E-state index is 11.4. The summed E-state index contributed by atoms with van der Waals surface area (Å²) < 4.78 is 4.63. The van der Waals surface area contributed by atoms with Crippen LogP contribution in [0.1, 0.15) is 20.7 Å². The summed E-state index contributed by atoms with van der Waals surface area (Å²) in [6.07, 6.45) is 0. The molecule has 2 rings (SSSR count). The second kappa shape index (κ2) is 6.65. The third kappa shape index (κ3) is 3.77. The third-order valence-corrected chi connectivity index (χ3v) is 4.19. The Morgan fingerprint density at radius 1 is 1.10 bits per heavy atom. The van der Waals surface area contributed by atoms with Crippen LogP contribution in [0.4, 0.5) is 0 Å². The van der Waals surface area contributed by atoms with Crippen molar-refractivity contribution in [3.05, 3.63) is 58.6 Å². The molecule has 0 unspecified atom stereocenters. The summed E-state index contributed by atoms with van der Waals surface area (Å²) in [7, 11) is 1.31. The molecule has 0 aliphatic rings. The van der Waals surface area contributed by atoms with Crippen LogP contribution >= 0.6 is 23.4 Å². The van der Waals surface area contributed by atoms with Gasteiger partial charge < -0.3 is 9.84 Å². The number of hydrogen-bond donors (Lipinski definition) is 1. The molecule has 6 heteroatoms. The van der Waals surface area contributed by atoms with Crippen molar-refractivity contribution in [2.75, 3.05) is 7.11 Å². The fourth-order valence-corrected chi connectivity index (χ4v) is 2.74. The molecule has 2 aromatic rings. The van der Waals surface area contributed by atoms with Gasteiger partial charge in [0.25, 0.3) is 0 Å². The lowest BCUT2D eigenvalue weighted by Gasteiger charge is -2.06. The second-order valence-electron chi connectivity index (χ2n) is 4.07. The lowest BCUT2D eigenvalue weighted by atomic mass is 10.2. The van der Waals surface area contributed by atoms with E-state index in [9.17, 15) is 9.59 Å². The predicted molar refractivity (Wildman–Crippen MR) is 80.3 cm³/mol. The number of hydrogen-bond acceptors (Lipinski definition) is 4. The van der Waals surface area contributed by atoms with Gasteiger partial charge in [-0.25, -0.2) is 9.59 Å². The van der Waals surface area contributed by atoms with Gasteiger partial charge in [0.15, 0.2) is 0 Å². The Hall–Kier alpha value is -1.98. The highest BCUT2D eigenvalue weighted by molar-refractivity contribution is 7.99. The van der Waals surface area contributed by atoms with Crippen molar-refractivity contribution < 1.29 is 19.4 Å². The number of benzene rings is 2. The first kappa shape index (κ1) is 15.4. The number of carboxylic acid groups (broad SMARTS) is 1. The molecule has 0 amide bonds. The lowest BCUT2D eigenvalue weighted by Crippen LogP contribution is -2.00. The van der Waals surface area contributed by atoms with Crippen molar-refractivity contribution in [2.24, 2.45) is 0 Å². The maximum Gasteiger partial charge on any atom is 0.337 e. The van der Waals surface area contributed by atoms with Gasteiger partial charge in [0, 0.05) is 9.79 Å². The van der Waals surface area contributed by atoms with E-state index in [0.717, 1.165) is 9.79 Å². The van der Waals surface area contributed by atoms with Crippen molar-refractivity contribution in [1.82, 2.24) is 0 Å². The summed E-state index contributed by atoms with van der Waals surface area (Å²) in [5.74, 6) is -1.41. The third-order valence-electron chi connectivity index (χ3n) is 2.68. The van der Waals surface area contributed by atoms with Gasteiger partial charge in [-0.2, -0.15) is 0 Å². The Labute approximate surface area is 130 Å². The van der Waals surface area contributed by atoms with E-state index in [-0.39, 0.29) is 5.56 Å². The van der Waals surface area contributed by atoms with E-state index < -0.39 is 11.9 Å². The topological polar surface area (TPSA) is 63.6 Å². The molecule has 0 bridgehead atoms. The standard InChI is InChI=1S/C15H11ClO4S/c1-20-15(19)10-4-7-13(12(16)8-10)21-11-5-2-9(3-6-11)14(17)18/h2-8H,1H3,(H,17,18). The molecule has 0 saturated carbocycles. The van der Waals surface area contributed by atoms with Crippen molar-refractivity contribution in [1.29, 1.82) is 0 Å². The van der Waals surface area contributed by atoms with Crippen LogP contribution in [0.2, 0.25) is 5.02 Å². The minimum absolute atomic E-state index is 0.228. The van der Waals surface area contributed by atoms with Gasteiger partial charge in [-0.1, -0.05) is 23.4 Å². The number of carboxylic acids is 1. The summed E-state index contributed by atoms with van der Waals surface area (Å²) in [6.45, 7) is 0. The zero-order valence-corrected chi connectivity index (χ0v) is 12.6. The molecule has 4 nitrogen and oxygen atoms in total. The number of carbonyl (C=O) groups excluding carboxylic acids is 1. The molecule has 0 spiro atoms. The first-order valence-electron chi connectivity index (χ1n) is 5.90. The Morgan fingerprint density at radius 2 is 1.71 bits per heavy atom. The number of esters is 1. The highest BCUT2D eigenvalue weighted by Crippen LogP contribution is 2.34. The van der Waals surface area contributed by atoms with Gasteiger partial charge >= 0.3 is 11.9 Å². The van der Waals surface area contributed by atoms with Crippen LogP contribution in [-0.4, -0.2) is 24.2 Å². The minimum atomic E-state index is -0.966.